The maximum atomic E-state index is 12.4. The van der Waals surface area contributed by atoms with Crippen LogP contribution in [0.5, 0.6) is 0 Å². The van der Waals surface area contributed by atoms with Crippen molar-refractivity contribution < 1.29 is 18.7 Å². The third-order valence-electron chi connectivity index (χ3n) is 1.87. The van der Waals surface area contributed by atoms with Gasteiger partial charge >= 0.3 is 5.97 Å². The molecular weight excluding hydrogens is 220 g/mol. The minimum absolute atomic E-state index is 0.141. The predicted molar refractivity (Wildman–Crippen MR) is 48.8 cm³/mol. The van der Waals surface area contributed by atoms with Gasteiger partial charge in [-0.3, -0.25) is 0 Å². The van der Waals surface area contributed by atoms with E-state index in [1.54, 1.807) is 6.07 Å². The van der Waals surface area contributed by atoms with Crippen molar-refractivity contribution in [1.29, 1.82) is 5.26 Å². The van der Waals surface area contributed by atoms with Gasteiger partial charge in [0.2, 0.25) is 0 Å². The van der Waals surface area contributed by atoms with Gasteiger partial charge in [-0.1, -0.05) is 0 Å². The van der Waals surface area contributed by atoms with E-state index in [1.807, 2.05) is 0 Å². The zero-order chi connectivity index (χ0) is 12.3. The first-order chi connectivity index (χ1) is 7.51. The largest absolute Gasteiger partial charge is 0.478 e. The van der Waals surface area contributed by atoms with Crippen molar-refractivity contribution in [2.24, 2.45) is 5.73 Å². The molecule has 0 amide bonds. The van der Waals surface area contributed by atoms with Crippen molar-refractivity contribution in [3.05, 3.63) is 28.6 Å². The quantitative estimate of drug-likeness (QED) is 0.803. The molecule has 0 aromatic carbocycles. The van der Waals surface area contributed by atoms with Gasteiger partial charge in [0.25, 0.3) is 6.43 Å². The highest BCUT2D eigenvalue weighted by molar-refractivity contribution is 5.91. The molecule has 0 aliphatic rings. The van der Waals surface area contributed by atoms with Crippen LogP contribution in [-0.2, 0) is 6.54 Å². The van der Waals surface area contributed by atoms with E-state index in [1.165, 1.54) is 0 Å². The van der Waals surface area contributed by atoms with Crippen molar-refractivity contribution >= 4 is 5.97 Å². The number of aromatic carboxylic acids is 1. The van der Waals surface area contributed by atoms with Crippen molar-refractivity contribution in [3.8, 4) is 6.07 Å². The molecule has 1 aromatic heterocycles. The third kappa shape index (κ3) is 2.12. The molecule has 7 heteroatoms. The number of hydrogen-bond donors (Lipinski definition) is 2. The molecule has 0 aliphatic heterocycles. The number of pyridine rings is 1. The van der Waals surface area contributed by atoms with E-state index in [4.69, 9.17) is 16.1 Å². The molecule has 3 N–H and O–H groups in total. The normalized spacial score (nSPS) is 10.2. The van der Waals surface area contributed by atoms with Gasteiger partial charge in [0.05, 0.1) is 16.8 Å². The molecule has 0 spiro atoms. The fraction of sp³-hybridized carbons (Fsp3) is 0.222. The second-order valence-corrected chi connectivity index (χ2v) is 2.84. The summed E-state index contributed by atoms with van der Waals surface area (Å²) in [5.41, 5.74) is 3.59. The smallest absolute Gasteiger partial charge is 0.337 e. The van der Waals surface area contributed by atoms with Gasteiger partial charge < -0.3 is 10.8 Å². The van der Waals surface area contributed by atoms with Gasteiger partial charge in [-0.05, 0) is 6.07 Å². The van der Waals surface area contributed by atoms with Crippen LogP contribution in [0.4, 0.5) is 8.78 Å². The Morgan fingerprint density at radius 2 is 2.31 bits per heavy atom. The van der Waals surface area contributed by atoms with Gasteiger partial charge in [-0.25, -0.2) is 18.6 Å². The van der Waals surface area contributed by atoms with Gasteiger partial charge in [0.15, 0.2) is 0 Å². The summed E-state index contributed by atoms with van der Waals surface area (Å²) in [6.07, 6.45) is -2.91. The molecule has 0 aliphatic carbocycles. The van der Waals surface area contributed by atoms with E-state index in [9.17, 15) is 13.6 Å². The Kier molecular flexibility index (Phi) is 3.48. The highest BCUT2D eigenvalue weighted by atomic mass is 19.3. The van der Waals surface area contributed by atoms with Crippen LogP contribution in [0.3, 0.4) is 0 Å². The van der Waals surface area contributed by atoms with E-state index in [-0.39, 0.29) is 17.8 Å². The summed E-state index contributed by atoms with van der Waals surface area (Å²) in [5, 5.41) is 17.5. The first-order valence-electron chi connectivity index (χ1n) is 4.16. The standard InChI is InChI=1S/C9H7F2N3O2/c10-8(11)6-1-4(9(15)16)5(2-12)7(3-13)14-6/h1,8H,3,13H2,(H,15,16). The lowest BCUT2D eigenvalue weighted by Crippen LogP contribution is -2.11. The Labute approximate surface area is 89.1 Å². The number of nitriles is 1. The second-order valence-electron chi connectivity index (χ2n) is 2.84. The van der Waals surface area contributed by atoms with Crippen LogP contribution in [0.15, 0.2) is 6.07 Å². The lowest BCUT2D eigenvalue weighted by atomic mass is 10.1. The van der Waals surface area contributed by atoms with Gasteiger partial charge in [0.1, 0.15) is 11.8 Å². The van der Waals surface area contributed by atoms with Crippen LogP contribution in [0.1, 0.15) is 33.7 Å². The van der Waals surface area contributed by atoms with E-state index >= 15 is 0 Å². The zero-order valence-electron chi connectivity index (χ0n) is 7.94. The fourth-order valence-corrected chi connectivity index (χ4v) is 1.17. The molecule has 5 nitrogen and oxygen atoms in total. The molecule has 1 rings (SSSR count). The van der Waals surface area contributed by atoms with Crippen molar-refractivity contribution in [3.63, 3.8) is 0 Å². The molecule has 0 saturated heterocycles. The molecule has 0 saturated carbocycles. The van der Waals surface area contributed by atoms with Crippen LogP contribution in [0.2, 0.25) is 0 Å². The Hall–Kier alpha value is -2.07. The Bertz CT molecular complexity index is 469. The zero-order valence-corrected chi connectivity index (χ0v) is 7.94. The van der Waals surface area contributed by atoms with Crippen molar-refractivity contribution in [1.82, 2.24) is 4.98 Å². The summed E-state index contributed by atoms with van der Waals surface area (Å²) < 4.78 is 24.8. The molecule has 0 fully saturated rings. The Balaban J connectivity index is 3.51. The lowest BCUT2D eigenvalue weighted by molar-refractivity contribution is 0.0695. The summed E-state index contributed by atoms with van der Waals surface area (Å²) in [6.45, 7) is -0.274. The first kappa shape index (κ1) is 12.0. The second kappa shape index (κ2) is 4.63. The number of carbonyl (C=O) groups is 1. The molecule has 0 radical (unpaired) electrons. The van der Waals surface area contributed by atoms with Crippen LogP contribution in [-0.4, -0.2) is 16.1 Å². The summed E-state index contributed by atoms with van der Waals surface area (Å²) in [5.74, 6) is -1.46. The van der Waals surface area contributed by atoms with Crippen molar-refractivity contribution in [2.45, 2.75) is 13.0 Å². The number of alkyl halides is 2. The SMILES string of the molecule is N#Cc1c(C(=O)O)cc(C(F)F)nc1CN. The molecule has 1 heterocycles. The predicted octanol–water partition coefficient (Wildman–Crippen LogP) is 1.05. The van der Waals surface area contributed by atoms with Crippen LogP contribution in [0.25, 0.3) is 0 Å². The molecule has 0 atom stereocenters. The minimum Gasteiger partial charge on any atom is -0.478 e. The number of halogens is 2. The van der Waals surface area contributed by atoms with Crippen molar-refractivity contribution in [2.75, 3.05) is 0 Å². The van der Waals surface area contributed by atoms with Gasteiger partial charge in [-0.15, -0.1) is 0 Å². The minimum atomic E-state index is -2.91. The third-order valence-corrected chi connectivity index (χ3v) is 1.87. The molecule has 16 heavy (non-hydrogen) atoms. The fourth-order valence-electron chi connectivity index (χ4n) is 1.17. The van der Waals surface area contributed by atoms with Gasteiger partial charge in [0, 0.05) is 6.54 Å². The summed E-state index contributed by atoms with van der Waals surface area (Å²) in [7, 11) is 0. The number of hydrogen-bond acceptors (Lipinski definition) is 4. The summed E-state index contributed by atoms with van der Waals surface area (Å²) in [6, 6.07) is 2.28. The van der Waals surface area contributed by atoms with E-state index in [2.05, 4.69) is 4.98 Å². The maximum absolute atomic E-state index is 12.4. The van der Waals surface area contributed by atoms with Crippen LogP contribution in [0, 0.1) is 11.3 Å². The molecule has 0 bridgehead atoms. The number of rotatable bonds is 3. The molecule has 84 valence electrons. The monoisotopic (exact) mass is 227 g/mol. The topological polar surface area (TPSA) is 100 Å². The molecule has 1 aromatic rings. The number of nitrogens with two attached hydrogens (primary N) is 1. The summed E-state index contributed by atoms with van der Waals surface area (Å²) in [4.78, 5) is 14.2. The Morgan fingerprint density at radius 3 is 2.69 bits per heavy atom. The summed E-state index contributed by atoms with van der Waals surface area (Å²) >= 11 is 0. The average Bonchev–Trinajstić information content (AvgIpc) is 2.26. The maximum Gasteiger partial charge on any atom is 0.337 e. The highest BCUT2D eigenvalue weighted by Crippen LogP contribution is 2.21. The Morgan fingerprint density at radius 1 is 1.69 bits per heavy atom. The van der Waals surface area contributed by atoms with E-state index in [0.717, 1.165) is 0 Å². The molecule has 0 unspecified atom stereocenters. The number of nitrogens with zero attached hydrogens (tertiary/aromatic N) is 2. The average molecular weight is 227 g/mol. The van der Waals surface area contributed by atoms with Crippen LogP contribution >= 0.6 is 0 Å². The lowest BCUT2D eigenvalue weighted by Gasteiger charge is -2.07. The van der Waals surface area contributed by atoms with E-state index < -0.39 is 23.7 Å². The van der Waals surface area contributed by atoms with E-state index in [0.29, 0.717) is 6.07 Å². The van der Waals surface area contributed by atoms with Gasteiger partial charge in [-0.2, -0.15) is 5.26 Å². The van der Waals surface area contributed by atoms with Crippen LogP contribution < -0.4 is 5.73 Å². The first-order valence-corrected chi connectivity index (χ1v) is 4.16. The highest BCUT2D eigenvalue weighted by Gasteiger charge is 2.20. The number of aromatic nitrogens is 1. The molecular formula is C9H7F2N3O2. The number of carboxylic acid groups (broad SMARTS) is 1. The number of carboxylic acids is 1.